The quantitative estimate of drug-likeness (QED) is 0.901. The number of hydrogen-bond acceptors (Lipinski definition) is 3. The minimum absolute atomic E-state index is 0.00361. The third-order valence-corrected chi connectivity index (χ3v) is 3.46. The molecule has 1 aromatic carbocycles. The Morgan fingerprint density at radius 1 is 1.42 bits per heavy atom. The minimum Gasteiger partial charge on any atom is -0.494 e. The molecule has 0 saturated carbocycles. The van der Waals surface area contributed by atoms with Crippen LogP contribution in [0.15, 0.2) is 24.3 Å². The largest absolute Gasteiger partial charge is 0.494 e. The summed E-state index contributed by atoms with van der Waals surface area (Å²) < 4.78 is 5.41. The summed E-state index contributed by atoms with van der Waals surface area (Å²) in [7, 11) is 2.11. The Hall–Kier alpha value is -1.55. The molecule has 1 aromatic rings. The summed E-state index contributed by atoms with van der Waals surface area (Å²) in [5.74, 6) is 0.745. The van der Waals surface area contributed by atoms with Crippen LogP contribution in [0.4, 0.5) is 0 Å². The molecule has 19 heavy (non-hydrogen) atoms. The molecule has 1 fully saturated rings. The smallest absolute Gasteiger partial charge is 0.251 e. The second-order valence-electron chi connectivity index (χ2n) is 5.01. The standard InChI is InChI=1S/C15H22N2O2/c1-3-19-14-6-4-5-12(11-14)15(18)16-13-7-9-17(2)10-8-13/h4-6,11,13H,3,7-10H2,1-2H3,(H,16,18). The first kappa shape index (κ1) is 13.9. The third-order valence-electron chi connectivity index (χ3n) is 3.46. The molecule has 0 aromatic heterocycles. The molecule has 1 aliphatic rings. The minimum atomic E-state index is -0.00361. The number of amides is 1. The first-order valence-corrected chi connectivity index (χ1v) is 6.91. The monoisotopic (exact) mass is 262 g/mol. The van der Waals surface area contributed by atoms with E-state index in [9.17, 15) is 4.79 Å². The summed E-state index contributed by atoms with van der Waals surface area (Å²) in [5, 5.41) is 3.10. The van der Waals surface area contributed by atoms with Gasteiger partial charge in [0.1, 0.15) is 5.75 Å². The van der Waals surface area contributed by atoms with Gasteiger partial charge in [0.25, 0.3) is 5.91 Å². The number of ether oxygens (including phenoxy) is 1. The van der Waals surface area contributed by atoms with Gasteiger partial charge in [-0.3, -0.25) is 4.79 Å². The average Bonchev–Trinajstić information content (AvgIpc) is 2.42. The van der Waals surface area contributed by atoms with E-state index in [1.165, 1.54) is 0 Å². The molecule has 4 nitrogen and oxygen atoms in total. The average molecular weight is 262 g/mol. The zero-order valence-electron chi connectivity index (χ0n) is 11.7. The van der Waals surface area contributed by atoms with Gasteiger partial charge in [-0.15, -0.1) is 0 Å². The van der Waals surface area contributed by atoms with E-state index >= 15 is 0 Å². The van der Waals surface area contributed by atoms with Crippen molar-refractivity contribution in [2.45, 2.75) is 25.8 Å². The summed E-state index contributed by atoms with van der Waals surface area (Å²) >= 11 is 0. The number of carbonyl (C=O) groups excluding carboxylic acids is 1. The van der Waals surface area contributed by atoms with Crippen molar-refractivity contribution in [1.82, 2.24) is 10.2 Å². The predicted octanol–water partition coefficient (Wildman–Crippen LogP) is 1.91. The summed E-state index contributed by atoms with van der Waals surface area (Å²) in [5.41, 5.74) is 0.671. The molecule has 1 N–H and O–H groups in total. The van der Waals surface area contributed by atoms with Crippen LogP contribution in [0.3, 0.4) is 0 Å². The van der Waals surface area contributed by atoms with Gasteiger partial charge in [0.05, 0.1) is 6.61 Å². The Morgan fingerprint density at radius 2 is 2.16 bits per heavy atom. The van der Waals surface area contributed by atoms with Gasteiger partial charge >= 0.3 is 0 Å². The lowest BCUT2D eigenvalue weighted by molar-refractivity contribution is 0.0916. The molecule has 1 amide bonds. The molecule has 0 atom stereocenters. The lowest BCUT2D eigenvalue weighted by atomic mass is 10.0. The van der Waals surface area contributed by atoms with E-state index in [1.807, 2.05) is 25.1 Å². The van der Waals surface area contributed by atoms with Crippen molar-refractivity contribution in [3.8, 4) is 5.75 Å². The van der Waals surface area contributed by atoms with E-state index in [0.29, 0.717) is 18.2 Å². The van der Waals surface area contributed by atoms with E-state index in [0.717, 1.165) is 31.7 Å². The van der Waals surface area contributed by atoms with Crippen molar-refractivity contribution in [1.29, 1.82) is 0 Å². The van der Waals surface area contributed by atoms with Crippen LogP contribution in [0, 0.1) is 0 Å². The Labute approximate surface area is 114 Å². The molecule has 0 radical (unpaired) electrons. The van der Waals surface area contributed by atoms with Gasteiger partial charge in [0, 0.05) is 11.6 Å². The fourth-order valence-electron chi connectivity index (χ4n) is 2.32. The zero-order chi connectivity index (χ0) is 13.7. The molecule has 0 spiro atoms. The number of likely N-dealkylation sites (tertiary alicyclic amines) is 1. The molecule has 1 aliphatic heterocycles. The maximum Gasteiger partial charge on any atom is 0.251 e. The first-order valence-electron chi connectivity index (χ1n) is 6.91. The fraction of sp³-hybridized carbons (Fsp3) is 0.533. The molecule has 2 rings (SSSR count). The number of rotatable bonds is 4. The van der Waals surface area contributed by atoms with Crippen LogP contribution in [0.5, 0.6) is 5.75 Å². The van der Waals surface area contributed by atoms with Crippen LogP contribution >= 0.6 is 0 Å². The summed E-state index contributed by atoms with van der Waals surface area (Å²) in [6.45, 7) is 4.64. The molecular weight excluding hydrogens is 240 g/mol. The highest BCUT2D eigenvalue weighted by atomic mass is 16.5. The van der Waals surface area contributed by atoms with Gasteiger partial charge in [-0.1, -0.05) is 6.07 Å². The molecule has 0 bridgehead atoms. The SMILES string of the molecule is CCOc1cccc(C(=O)NC2CCN(C)CC2)c1. The van der Waals surface area contributed by atoms with E-state index in [4.69, 9.17) is 4.74 Å². The van der Waals surface area contributed by atoms with Gasteiger partial charge in [-0.05, 0) is 58.1 Å². The Balaban J connectivity index is 1.94. The van der Waals surface area contributed by atoms with Crippen LogP contribution in [0.25, 0.3) is 0 Å². The number of nitrogens with zero attached hydrogens (tertiary/aromatic N) is 1. The van der Waals surface area contributed by atoms with Gasteiger partial charge in [0.2, 0.25) is 0 Å². The van der Waals surface area contributed by atoms with Crippen LogP contribution in [-0.4, -0.2) is 43.6 Å². The highest BCUT2D eigenvalue weighted by molar-refractivity contribution is 5.94. The molecule has 0 aliphatic carbocycles. The van der Waals surface area contributed by atoms with Crippen LogP contribution in [0.2, 0.25) is 0 Å². The summed E-state index contributed by atoms with van der Waals surface area (Å²) in [6, 6.07) is 7.64. The summed E-state index contributed by atoms with van der Waals surface area (Å²) in [6.07, 6.45) is 2.04. The van der Waals surface area contributed by atoms with Crippen molar-refractivity contribution >= 4 is 5.91 Å². The predicted molar refractivity (Wildman–Crippen MR) is 75.6 cm³/mol. The van der Waals surface area contributed by atoms with Crippen molar-refractivity contribution in [3.63, 3.8) is 0 Å². The van der Waals surface area contributed by atoms with Crippen LogP contribution in [-0.2, 0) is 0 Å². The second kappa shape index (κ2) is 6.57. The maximum absolute atomic E-state index is 12.2. The number of benzene rings is 1. The Bertz CT molecular complexity index is 426. The van der Waals surface area contributed by atoms with Crippen LogP contribution in [0.1, 0.15) is 30.1 Å². The summed E-state index contributed by atoms with van der Waals surface area (Å²) in [4.78, 5) is 14.5. The number of carbonyl (C=O) groups is 1. The number of piperidine rings is 1. The van der Waals surface area contributed by atoms with Crippen molar-refractivity contribution in [2.75, 3.05) is 26.7 Å². The van der Waals surface area contributed by atoms with Gasteiger partial charge < -0.3 is 15.0 Å². The molecular formula is C15H22N2O2. The van der Waals surface area contributed by atoms with E-state index in [1.54, 1.807) is 6.07 Å². The van der Waals surface area contributed by atoms with E-state index in [2.05, 4.69) is 17.3 Å². The van der Waals surface area contributed by atoms with Gasteiger partial charge in [-0.25, -0.2) is 0 Å². The zero-order valence-corrected chi connectivity index (χ0v) is 11.7. The Kier molecular flexibility index (Phi) is 4.80. The highest BCUT2D eigenvalue weighted by Gasteiger charge is 2.19. The molecule has 0 unspecified atom stereocenters. The van der Waals surface area contributed by atoms with Crippen molar-refractivity contribution in [3.05, 3.63) is 29.8 Å². The topological polar surface area (TPSA) is 41.6 Å². The van der Waals surface area contributed by atoms with Crippen molar-refractivity contribution < 1.29 is 9.53 Å². The molecule has 104 valence electrons. The lowest BCUT2D eigenvalue weighted by Gasteiger charge is -2.29. The fourth-order valence-corrected chi connectivity index (χ4v) is 2.32. The molecule has 1 saturated heterocycles. The molecule has 1 heterocycles. The number of hydrogen-bond donors (Lipinski definition) is 1. The van der Waals surface area contributed by atoms with Crippen molar-refractivity contribution in [2.24, 2.45) is 0 Å². The maximum atomic E-state index is 12.2. The lowest BCUT2D eigenvalue weighted by Crippen LogP contribution is -2.43. The van der Waals surface area contributed by atoms with E-state index in [-0.39, 0.29) is 5.91 Å². The first-order chi connectivity index (χ1) is 9.19. The Morgan fingerprint density at radius 3 is 2.84 bits per heavy atom. The van der Waals surface area contributed by atoms with Crippen LogP contribution < -0.4 is 10.1 Å². The van der Waals surface area contributed by atoms with E-state index < -0.39 is 0 Å². The normalized spacial score (nSPS) is 17.2. The highest BCUT2D eigenvalue weighted by Crippen LogP contribution is 2.14. The third kappa shape index (κ3) is 3.96. The molecule has 4 heteroatoms. The number of nitrogens with one attached hydrogen (secondary N) is 1. The van der Waals surface area contributed by atoms with Gasteiger partial charge in [0.15, 0.2) is 0 Å². The second-order valence-corrected chi connectivity index (χ2v) is 5.01. The van der Waals surface area contributed by atoms with Gasteiger partial charge in [-0.2, -0.15) is 0 Å².